The molecular formula is C28H34O8S2. The summed E-state index contributed by atoms with van der Waals surface area (Å²) in [4.78, 5) is 27.0. The van der Waals surface area contributed by atoms with Gasteiger partial charge in [0.25, 0.3) is 10.1 Å². The van der Waals surface area contributed by atoms with E-state index in [-0.39, 0.29) is 28.8 Å². The molecule has 4 aliphatic carbocycles. The Balaban J connectivity index is 1.40. The van der Waals surface area contributed by atoms with Crippen molar-refractivity contribution in [2.75, 3.05) is 11.5 Å². The molecule has 0 saturated heterocycles. The van der Waals surface area contributed by atoms with Crippen LogP contribution in [0.25, 0.3) is 12.2 Å². The highest BCUT2D eigenvalue weighted by Gasteiger charge is 2.68. The number of carbonyl (C=O) groups is 2. The second-order valence-corrected chi connectivity index (χ2v) is 14.6. The Morgan fingerprint density at radius 1 is 0.895 bits per heavy atom. The molecule has 4 unspecified atom stereocenters. The Labute approximate surface area is 227 Å². The Kier molecular flexibility index (Phi) is 6.65. The van der Waals surface area contributed by atoms with E-state index in [4.69, 9.17) is 5.26 Å². The number of hydrogen-bond acceptors (Lipinski definition) is 8. The third kappa shape index (κ3) is 3.90. The van der Waals surface area contributed by atoms with Gasteiger partial charge in [0.1, 0.15) is 0 Å². The van der Waals surface area contributed by atoms with Crippen molar-refractivity contribution in [2.24, 2.45) is 33.5 Å². The molecule has 1 aromatic carbocycles. The maximum atomic E-state index is 13.6. The van der Waals surface area contributed by atoms with Gasteiger partial charge in [-0.15, -0.1) is 4.33 Å². The highest BCUT2D eigenvalue weighted by Crippen LogP contribution is 2.67. The zero-order valence-corrected chi connectivity index (χ0v) is 23.7. The summed E-state index contributed by atoms with van der Waals surface area (Å²) in [6, 6.07) is 7.66. The van der Waals surface area contributed by atoms with E-state index in [9.17, 15) is 22.6 Å². The standard InChI is InChI=1S/C28H34O8S2/c1-25(2)21-9-11-27(25,15-37-36-35-31)23(29)19(21)13-17-5-7-18(8-6-17)14-20-22-10-12-28(24(20)30,26(22,3)4)16-38(32,33)34/h5-8,13-14,21-22,31H,9-12,15-16H2,1-4H3,(H,32,33,34)/b19-13-,20-14-. The lowest BCUT2D eigenvalue weighted by Crippen LogP contribution is -2.42. The number of benzene rings is 1. The number of carbonyl (C=O) groups excluding carboxylic acids is 2. The smallest absolute Gasteiger partial charge is 0.265 e. The fraction of sp³-hybridized carbons (Fsp3) is 0.571. The van der Waals surface area contributed by atoms with Crippen molar-refractivity contribution >= 4 is 45.9 Å². The van der Waals surface area contributed by atoms with Crippen molar-refractivity contribution in [1.82, 2.24) is 0 Å². The van der Waals surface area contributed by atoms with Gasteiger partial charge in [0.05, 0.1) is 16.6 Å². The molecule has 5 rings (SSSR count). The summed E-state index contributed by atoms with van der Waals surface area (Å²) in [5, 5.41) is 12.2. The van der Waals surface area contributed by atoms with Crippen LogP contribution in [0.4, 0.5) is 0 Å². The Bertz CT molecular complexity index is 1340. The van der Waals surface area contributed by atoms with Crippen molar-refractivity contribution in [1.29, 1.82) is 0 Å². The van der Waals surface area contributed by atoms with E-state index >= 15 is 0 Å². The minimum atomic E-state index is -4.30. The summed E-state index contributed by atoms with van der Waals surface area (Å²) in [6.45, 7) is 8.07. The largest absolute Gasteiger partial charge is 0.294 e. The number of Topliss-reactive ketones (excluding diaryl/α,β-unsaturated/α-hetero) is 2. The first-order valence-electron chi connectivity index (χ1n) is 12.9. The van der Waals surface area contributed by atoms with Crippen LogP contribution in [0.5, 0.6) is 0 Å². The highest BCUT2D eigenvalue weighted by atomic mass is 32.2. The van der Waals surface area contributed by atoms with Crippen LogP contribution in [0, 0.1) is 33.5 Å². The van der Waals surface area contributed by atoms with Crippen LogP contribution in [0.3, 0.4) is 0 Å². The van der Waals surface area contributed by atoms with Gasteiger partial charge in [0.15, 0.2) is 11.6 Å². The molecule has 4 fully saturated rings. The van der Waals surface area contributed by atoms with Crippen molar-refractivity contribution in [2.45, 2.75) is 53.4 Å². The number of fused-ring (bicyclic) bond motifs is 4. The van der Waals surface area contributed by atoms with Gasteiger partial charge in [-0.1, -0.05) is 57.0 Å². The fourth-order valence-electron chi connectivity index (χ4n) is 8.07. The van der Waals surface area contributed by atoms with Gasteiger partial charge < -0.3 is 0 Å². The Hall–Kier alpha value is -1.82. The molecule has 4 atom stereocenters. The van der Waals surface area contributed by atoms with Crippen LogP contribution in [0.15, 0.2) is 35.4 Å². The maximum absolute atomic E-state index is 13.6. The van der Waals surface area contributed by atoms with E-state index in [1.54, 1.807) is 0 Å². The minimum Gasteiger partial charge on any atom is -0.294 e. The van der Waals surface area contributed by atoms with E-state index in [2.05, 4.69) is 23.2 Å². The molecule has 0 aliphatic heterocycles. The zero-order chi connectivity index (χ0) is 27.7. The molecule has 206 valence electrons. The molecule has 2 N–H and O–H groups in total. The molecule has 38 heavy (non-hydrogen) atoms. The normalized spacial score (nSPS) is 35.2. The molecule has 10 heteroatoms. The van der Waals surface area contributed by atoms with Crippen molar-refractivity contribution < 1.29 is 37.2 Å². The second kappa shape index (κ2) is 9.11. The van der Waals surface area contributed by atoms with Gasteiger partial charge >= 0.3 is 0 Å². The topological polar surface area (TPSA) is 127 Å². The molecule has 4 bridgehead atoms. The van der Waals surface area contributed by atoms with Crippen LogP contribution >= 0.6 is 12.0 Å². The molecular weight excluding hydrogens is 528 g/mol. The predicted octanol–water partition coefficient (Wildman–Crippen LogP) is 5.42. The zero-order valence-electron chi connectivity index (χ0n) is 22.0. The second-order valence-electron chi connectivity index (χ2n) is 12.4. The van der Waals surface area contributed by atoms with Gasteiger partial charge in [0, 0.05) is 28.9 Å². The first-order valence-corrected chi connectivity index (χ1v) is 15.4. The maximum Gasteiger partial charge on any atom is 0.265 e. The third-order valence-electron chi connectivity index (χ3n) is 10.5. The van der Waals surface area contributed by atoms with Crippen LogP contribution in [-0.2, 0) is 29.1 Å². The fourth-order valence-corrected chi connectivity index (χ4v) is 10.3. The summed E-state index contributed by atoms with van der Waals surface area (Å²) in [5.41, 5.74) is 0.647. The SMILES string of the molecule is CC1(C)C2CCC1(CSOOO)C(=O)/C2=C\c1ccc(/C=C2\C(=O)C3(CS(=O)(=O)O)CCC2C3(C)C)cc1. The van der Waals surface area contributed by atoms with Crippen molar-refractivity contribution in [3.8, 4) is 0 Å². The lowest BCUT2D eigenvalue weighted by atomic mass is 9.70. The van der Waals surface area contributed by atoms with E-state index in [0.29, 0.717) is 24.2 Å². The van der Waals surface area contributed by atoms with E-state index in [1.807, 2.05) is 50.3 Å². The summed E-state index contributed by atoms with van der Waals surface area (Å²) in [7, 11) is -4.30. The monoisotopic (exact) mass is 562 g/mol. The lowest BCUT2D eigenvalue weighted by Gasteiger charge is -2.34. The molecule has 0 spiro atoms. The number of hydrogen-bond donors (Lipinski definition) is 2. The quantitative estimate of drug-likeness (QED) is 0.107. The number of allylic oxidation sites excluding steroid dienone is 2. The van der Waals surface area contributed by atoms with E-state index < -0.39 is 32.1 Å². The molecule has 8 nitrogen and oxygen atoms in total. The predicted molar refractivity (Wildman–Crippen MR) is 144 cm³/mol. The number of ketones is 2. The first-order chi connectivity index (χ1) is 17.7. The molecule has 0 heterocycles. The van der Waals surface area contributed by atoms with Crippen molar-refractivity contribution in [3.05, 3.63) is 46.5 Å². The van der Waals surface area contributed by atoms with Crippen LogP contribution in [0.2, 0.25) is 0 Å². The van der Waals surface area contributed by atoms with Crippen LogP contribution < -0.4 is 0 Å². The molecule has 0 amide bonds. The van der Waals surface area contributed by atoms with Gasteiger partial charge in [-0.3, -0.25) is 14.1 Å². The van der Waals surface area contributed by atoms with Gasteiger partial charge in [0.2, 0.25) is 0 Å². The van der Waals surface area contributed by atoms with Crippen LogP contribution in [-0.4, -0.2) is 41.3 Å². The molecule has 0 aromatic heterocycles. The minimum absolute atomic E-state index is 0.0679. The Morgan fingerprint density at radius 2 is 1.34 bits per heavy atom. The third-order valence-corrected chi connectivity index (χ3v) is 12.1. The average molecular weight is 563 g/mol. The highest BCUT2D eigenvalue weighted by molar-refractivity contribution is 7.94. The Morgan fingerprint density at radius 3 is 1.82 bits per heavy atom. The first kappa shape index (κ1) is 27.7. The summed E-state index contributed by atoms with van der Waals surface area (Å²) >= 11 is 0.938. The van der Waals surface area contributed by atoms with Crippen LogP contribution in [0.1, 0.15) is 64.5 Å². The van der Waals surface area contributed by atoms with Gasteiger partial charge in [-0.05, 0) is 71.6 Å². The van der Waals surface area contributed by atoms with Crippen molar-refractivity contribution in [3.63, 3.8) is 0 Å². The lowest BCUT2D eigenvalue weighted by molar-refractivity contribution is -0.432. The summed E-state index contributed by atoms with van der Waals surface area (Å²) in [5.74, 6) is -0.169. The summed E-state index contributed by atoms with van der Waals surface area (Å²) < 4.78 is 37.7. The van der Waals surface area contributed by atoms with Gasteiger partial charge in [-0.2, -0.15) is 8.42 Å². The average Bonchev–Trinajstić information content (AvgIpc) is 3.34. The molecule has 4 saturated carbocycles. The molecule has 4 aliphatic rings. The van der Waals surface area contributed by atoms with E-state index in [1.165, 1.54) is 0 Å². The molecule has 0 radical (unpaired) electrons. The van der Waals surface area contributed by atoms with E-state index in [0.717, 1.165) is 41.6 Å². The van der Waals surface area contributed by atoms with Gasteiger partial charge in [-0.25, -0.2) is 5.26 Å². The molecule has 1 aromatic rings. The summed E-state index contributed by atoms with van der Waals surface area (Å²) in [6.07, 6.45) is 6.63. The number of rotatable bonds is 8.